The van der Waals surface area contributed by atoms with Gasteiger partial charge < -0.3 is 74.2 Å². The quantitative estimate of drug-likeness (QED) is 0.0344. The van der Waals surface area contributed by atoms with Gasteiger partial charge in [0.05, 0.1) is 12.5 Å². The maximum absolute atomic E-state index is 14.0. The molecule has 0 heterocycles. The minimum absolute atomic E-state index is 0.0246. The maximum atomic E-state index is 14.0. The van der Waals surface area contributed by atoms with Crippen LogP contribution < -0.4 is 48.7 Å². The van der Waals surface area contributed by atoms with Crippen LogP contribution in [0.5, 0.6) is 5.75 Å². The number of aliphatic carboxylic acids is 4. The molecule has 0 aliphatic carbocycles. The van der Waals surface area contributed by atoms with Crippen molar-refractivity contribution in [1.29, 1.82) is 0 Å². The molecular weight excluding hydrogens is 959 g/mol. The van der Waals surface area contributed by atoms with Crippen LogP contribution in [-0.2, 0) is 64.0 Å². The second-order valence-corrected chi connectivity index (χ2v) is 18.3. The summed E-state index contributed by atoms with van der Waals surface area (Å²) in [5, 5.41) is 63.9. The summed E-state index contributed by atoms with van der Waals surface area (Å²) < 4.78 is 0. The van der Waals surface area contributed by atoms with Gasteiger partial charge in [0.2, 0.25) is 47.3 Å². The van der Waals surface area contributed by atoms with Crippen LogP contribution in [-0.4, -0.2) is 157 Å². The van der Waals surface area contributed by atoms with Crippen molar-refractivity contribution >= 4 is 82.9 Å². The van der Waals surface area contributed by atoms with Gasteiger partial charge in [-0.05, 0) is 73.6 Å². The lowest BCUT2D eigenvalue weighted by atomic mass is 10.00. The van der Waals surface area contributed by atoms with Crippen LogP contribution in [0.1, 0.15) is 91.0 Å². The van der Waals surface area contributed by atoms with Gasteiger partial charge in [-0.25, -0.2) is 4.79 Å². The first-order valence-corrected chi connectivity index (χ1v) is 23.9. The average Bonchev–Trinajstić information content (AvgIpc) is 3.27. The molecule has 8 atom stereocenters. The number of primary amides is 1. The van der Waals surface area contributed by atoms with Crippen LogP contribution in [0.4, 0.5) is 0 Å². The van der Waals surface area contributed by atoms with Crippen LogP contribution in [0.25, 0.3) is 0 Å². The summed E-state index contributed by atoms with van der Waals surface area (Å²) in [6.45, 7) is 6.46. The van der Waals surface area contributed by atoms with Crippen molar-refractivity contribution in [1.82, 2.24) is 37.2 Å². The summed E-state index contributed by atoms with van der Waals surface area (Å²) in [4.78, 5) is 153. The molecule has 0 fully saturated rings. The second-order valence-electron chi connectivity index (χ2n) is 17.3. The first-order chi connectivity index (χ1) is 33.1. The lowest BCUT2D eigenvalue weighted by molar-refractivity contribution is -0.143. The van der Waals surface area contributed by atoms with Crippen molar-refractivity contribution in [2.75, 3.05) is 12.0 Å². The lowest BCUT2D eigenvalue weighted by Gasteiger charge is -2.29. The van der Waals surface area contributed by atoms with Crippen molar-refractivity contribution in [3.05, 3.63) is 29.8 Å². The van der Waals surface area contributed by atoms with Gasteiger partial charge in [-0.2, -0.15) is 11.8 Å². The van der Waals surface area contributed by atoms with Crippen molar-refractivity contribution < 1.29 is 83.1 Å². The number of hydrogen-bond acceptors (Lipinski definition) is 15. The van der Waals surface area contributed by atoms with Gasteiger partial charge in [0.15, 0.2) is 0 Å². The Morgan fingerprint density at radius 1 is 0.535 bits per heavy atom. The number of carboxylic acids is 4. The zero-order valence-electron chi connectivity index (χ0n) is 40.1. The Morgan fingerprint density at radius 2 is 0.944 bits per heavy atom. The van der Waals surface area contributed by atoms with Crippen molar-refractivity contribution in [2.45, 2.75) is 140 Å². The van der Waals surface area contributed by atoms with Crippen molar-refractivity contribution in [3.8, 4) is 5.75 Å². The van der Waals surface area contributed by atoms with Gasteiger partial charge in [0.1, 0.15) is 48.0 Å². The third-order valence-corrected chi connectivity index (χ3v) is 11.1. The standard InChI is InChI=1S/C44H67N9O17S/c1-21(2)18-29(51-42(67)30(20-32(46)55)50-37(62)25(45)10-13-33(56)57)41(66)48-28(16-17-71-5)40(65)53-36(22(3)4)43(68)49-27(12-15-35(60)61)38(63)47-26(11-14-34(58)59)39(64)52-31(44(69)70)19-23-6-8-24(54)9-7-23/h6-9,21-22,25-31,36,54H,10-20,45H2,1-5H3,(H2,46,55)(H,47,63)(H,48,66)(H,49,68)(H,50,62)(H,51,67)(H,52,64)(H,53,65)(H,56,57)(H,58,59)(H,60,61)(H,69,70)/t25-,26-,27-,28-,29-,30-,31-,36-/m0/s1. The Kier molecular flexibility index (Phi) is 27.3. The molecule has 71 heavy (non-hydrogen) atoms. The van der Waals surface area contributed by atoms with Gasteiger partial charge in [0.25, 0.3) is 0 Å². The van der Waals surface area contributed by atoms with E-state index in [-0.39, 0.29) is 43.1 Å². The number of nitrogens with two attached hydrogens (primary N) is 2. The number of benzene rings is 1. The molecule has 1 aromatic carbocycles. The molecule has 396 valence electrons. The highest BCUT2D eigenvalue weighted by Gasteiger charge is 2.36. The summed E-state index contributed by atoms with van der Waals surface area (Å²) in [5.41, 5.74) is 11.5. The highest BCUT2D eigenvalue weighted by Crippen LogP contribution is 2.14. The van der Waals surface area contributed by atoms with E-state index >= 15 is 0 Å². The number of thioether (sulfide) groups is 1. The molecule has 1 aromatic rings. The molecule has 1 rings (SSSR count). The highest BCUT2D eigenvalue weighted by molar-refractivity contribution is 7.98. The lowest BCUT2D eigenvalue weighted by Crippen LogP contribution is -2.61. The zero-order valence-corrected chi connectivity index (χ0v) is 40.9. The molecule has 16 N–H and O–H groups in total. The van der Waals surface area contributed by atoms with Gasteiger partial charge in [-0.3, -0.25) is 52.7 Å². The van der Waals surface area contributed by atoms with E-state index in [0.717, 1.165) is 0 Å². The molecule has 26 nitrogen and oxygen atoms in total. The van der Waals surface area contributed by atoms with Crippen LogP contribution >= 0.6 is 11.8 Å². The van der Waals surface area contributed by atoms with Crippen molar-refractivity contribution in [3.63, 3.8) is 0 Å². The zero-order chi connectivity index (χ0) is 54.1. The van der Waals surface area contributed by atoms with Crippen LogP contribution in [0.2, 0.25) is 0 Å². The van der Waals surface area contributed by atoms with E-state index in [9.17, 15) is 78.0 Å². The minimum Gasteiger partial charge on any atom is -0.508 e. The Bertz CT molecular complexity index is 2060. The average molecular weight is 1030 g/mol. The third kappa shape index (κ3) is 24.4. The van der Waals surface area contributed by atoms with Crippen LogP contribution in [0.15, 0.2) is 24.3 Å². The first kappa shape index (κ1) is 62.0. The number of phenolic OH excluding ortho intramolecular Hbond substituents is 1. The van der Waals surface area contributed by atoms with Gasteiger partial charge in [-0.15, -0.1) is 0 Å². The number of phenols is 1. The maximum Gasteiger partial charge on any atom is 0.326 e. The molecule has 0 unspecified atom stereocenters. The number of rotatable bonds is 34. The van der Waals surface area contributed by atoms with Crippen molar-refractivity contribution in [2.24, 2.45) is 23.3 Å². The highest BCUT2D eigenvalue weighted by atomic mass is 32.2. The number of carboxylic acid groups (broad SMARTS) is 4. The number of carbonyl (C=O) groups excluding carboxylic acids is 8. The second kappa shape index (κ2) is 31.2. The fourth-order valence-corrected chi connectivity index (χ4v) is 7.06. The largest absolute Gasteiger partial charge is 0.508 e. The molecule has 0 bridgehead atoms. The first-order valence-electron chi connectivity index (χ1n) is 22.5. The minimum atomic E-state index is -1.72. The topological polar surface area (TPSA) is 442 Å². The molecule has 0 saturated heterocycles. The molecule has 0 aliphatic heterocycles. The van der Waals surface area contributed by atoms with E-state index in [1.165, 1.54) is 49.9 Å². The van der Waals surface area contributed by atoms with E-state index in [1.54, 1.807) is 20.1 Å². The SMILES string of the molecule is CSCC[C@H](NC(=O)[C@H](CC(C)C)NC(=O)[C@H](CC(N)=O)NC(=O)[C@@H](N)CCC(=O)O)C(=O)N[C@H](C(=O)N[C@@H](CCC(=O)O)C(=O)N[C@@H](CCC(=O)O)C(=O)N[C@@H](Cc1ccc(O)cc1)C(=O)O)C(C)C. The molecule has 0 spiro atoms. The van der Waals surface area contributed by atoms with E-state index < -0.39 is 164 Å². The van der Waals surface area contributed by atoms with E-state index in [0.29, 0.717) is 5.56 Å². The van der Waals surface area contributed by atoms with E-state index in [1.807, 2.05) is 0 Å². The monoisotopic (exact) mass is 1030 g/mol. The molecule has 8 amide bonds. The Hall–Kier alpha value is -7.03. The van der Waals surface area contributed by atoms with E-state index in [2.05, 4.69) is 37.2 Å². The van der Waals surface area contributed by atoms with Crippen LogP contribution in [0.3, 0.4) is 0 Å². The van der Waals surface area contributed by atoms with E-state index in [4.69, 9.17) is 16.6 Å². The summed E-state index contributed by atoms with van der Waals surface area (Å²) in [7, 11) is 0. The summed E-state index contributed by atoms with van der Waals surface area (Å²) in [6.07, 6.45) is -2.67. The molecule has 0 aromatic heterocycles. The third-order valence-electron chi connectivity index (χ3n) is 10.4. The molecule has 27 heteroatoms. The smallest absolute Gasteiger partial charge is 0.326 e. The van der Waals surface area contributed by atoms with Crippen LogP contribution in [0, 0.1) is 11.8 Å². The normalized spacial score (nSPS) is 14.4. The summed E-state index contributed by atoms with van der Waals surface area (Å²) in [6, 6.07) is -6.88. The number of carbonyl (C=O) groups is 12. The van der Waals surface area contributed by atoms with Gasteiger partial charge >= 0.3 is 23.9 Å². The molecule has 0 radical (unpaired) electrons. The Labute approximate surface area is 413 Å². The Balaban J connectivity index is 3.41. The fraction of sp³-hybridized carbons (Fsp3) is 0.591. The summed E-state index contributed by atoms with van der Waals surface area (Å²) in [5.74, 6) is -14.4. The molecular formula is C44H67N9O17S. The molecule has 0 saturated carbocycles. The number of hydrogen-bond donors (Lipinski definition) is 14. The predicted molar refractivity (Wildman–Crippen MR) is 253 cm³/mol. The van der Waals surface area contributed by atoms with Gasteiger partial charge in [-0.1, -0.05) is 39.8 Å². The predicted octanol–water partition coefficient (Wildman–Crippen LogP) is -2.33. The number of nitrogens with one attached hydrogen (secondary N) is 7. The fourth-order valence-electron chi connectivity index (χ4n) is 6.59. The Morgan fingerprint density at radius 3 is 1.39 bits per heavy atom. The number of aromatic hydroxyl groups is 1. The number of amides is 8. The van der Waals surface area contributed by atoms with Gasteiger partial charge in [0, 0.05) is 25.7 Å². The summed E-state index contributed by atoms with van der Waals surface area (Å²) >= 11 is 1.30. The molecule has 0 aliphatic rings.